The van der Waals surface area contributed by atoms with Crippen molar-refractivity contribution >= 4 is 11.7 Å². The summed E-state index contributed by atoms with van der Waals surface area (Å²) >= 11 is 0. The maximum absolute atomic E-state index is 11.7. The second-order valence-electron chi connectivity index (χ2n) is 3.13. The van der Waals surface area contributed by atoms with Gasteiger partial charge in [0, 0.05) is 5.69 Å². The molecule has 0 aliphatic rings. The van der Waals surface area contributed by atoms with E-state index < -0.39 is 0 Å². The molecule has 0 aromatic carbocycles. The van der Waals surface area contributed by atoms with Crippen molar-refractivity contribution in [3.8, 4) is 6.07 Å². The van der Waals surface area contributed by atoms with E-state index in [1.807, 2.05) is 6.07 Å². The molecule has 1 amide bonds. The Balaban J connectivity index is 2.21. The molecular formula is C9H8N6O. The van der Waals surface area contributed by atoms with Gasteiger partial charge in [0.15, 0.2) is 0 Å². The van der Waals surface area contributed by atoms with E-state index in [1.54, 1.807) is 6.92 Å². The SMILES string of the molecule is Cc1[nH]ncc1C(=O)Nc1[nH]ncc1C#N. The van der Waals surface area contributed by atoms with Crippen molar-refractivity contribution in [2.75, 3.05) is 5.32 Å². The molecule has 0 saturated heterocycles. The van der Waals surface area contributed by atoms with Crippen molar-refractivity contribution in [1.82, 2.24) is 20.4 Å². The Morgan fingerprint density at radius 2 is 2.19 bits per heavy atom. The second kappa shape index (κ2) is 3.86. The van der Waals surface area contributed by atoms with Gasteiger partial charge in [-0.3, -0.25) is 15.0 Å². The van der Waals surface area contributed by atoms with Gasteiger partial charge < -0.3 is 5.32 Å². The quantitative estimate of drug-likeness (QED) is 0.681. The summed E-state index contributed by atoms with van der Waals surface area (Å²) in [5, 5.41) is 23.9. The molecule has 16 heavy (non-hydrogen) atoms. The van der Waals surface area contributed by atoms with Gasteiger partial charge in [-0.2, -0.15) is 15.5 Å². The molecule has 0 spiro atoms. The van der Waals surface area contributed by atoms with E-state index >= 15 is 0 Å². The third-order valence-electron chi connectivity index (χ3n) is 2.07. The minimum atomic E-state index is -0.341. The van der Waals surface area contributed by atoms with Crippen LogP contribution in [0.15, 0.2) is 12.4 Å². The van der Waals surface area contributed by atoms with Crippen LogP contribution in [0.1, 0.15) is 21.6 Å². The Morgan fingerprint density at radius 3 is 2.81 bits per heavy atom. The summed E-state index contributed by atoms with van der Waals surface area (Å²) in [6, 6.07) is 1.91. The van der Waals surface area contributed by atoms with Gasteiger partial charge in [0.1, 0.15) is 17.5 Å². The Bertz CT molecular complexity index is 561. The monoisotopic (exact) mass is 216 g/mol. The second-order valence-corrected chi connectivity index (χ2v) is 3.13. The number of carbonyl (C=O) groups excluding carboxylic acids is 1. The van der Waals surface area contributed by atoms with Crippen LogP contribution in [0.25, 0.3) is 0 Å². The van der Waals surface area contributed by atoms with Gasteiger partial charge in [-0.25, -0.2) is 0 Å². The molecule has 0 fully saturated rings. The number of nitrogens with one attached hydrogen (secondary N) is 3. The maximum atomic E-state index is 11.7. The summed E-state index contributed by atoms with van der Waals surface area (Å²) in [4.78, 5) is 11.7. The fraction of sp³-hybridized carbons (Fsp3) is 0.111. The summed E-state index contributed by atoms with van der Waals surface area (Å²) in [7, 11) is 0. The third-order valence-corrected chi connectivity index (χ3v) is 2.07. The first-order valence-corrected chi connectivity index (χ1v) is 4.47. The molecule has 2 rings (SSSR count). The van der Waals surface area contributed by atoms with E-state index in [2.05, 4.69) is 25.7 Å². The van der Waals surface area contributed by atoms with Gasteiger partial charge in [-0.1, -0.05) is 0 Å². The smallest absolute Gasteiger partial charge is 0.260 e. The zero-order valence-electron chi connectivity index (χ0n) is 8.40. The molecule has 0 bridgehead atoms. The number of carbonyl (C=O) groups is 1. The molecule has 0 radical (unpaired) electrons. The van der Waals surface area contributed by atoms with Crippen LogP contribution in [-0.2, 0) is 0 Å². The lowest BCUT2D eigenvalue weighted by molar-refractivity contribution is 0.102. The number of H-pyrrole nitrogens is 2. The predicted molar refractivity (Wildman–Crippen MR) is 54.6 cm³/mol. The van der Waals surface area contributed by atoms with E-state index in [1.165, 1.54) is 12.4 Å². The summed E-state index contributed by atoms with van der Waals surface area (Å²) in [6.07, 6.45) is 2.77. The molecule has 7 heteroatoms. The Morgan fingerprint density at radius 1 is 1.44 bits per heavy atom. The average molecular weight is 216 g/mol. The molecule has 0 atom stereocenters. The van der Waals surface area contributed by atoms with Crippen LogP contribution in [0.4, 0.5) is 5.82 Å². The average Bonchev–Trinajstić information content (AvgIpc) is 2.86. The highest BCUT2D eigenvalue weighted by Gasteiger charge is 2.13. The van der Waals surface area contributed by atoms with Gasteiger partial charge in [-0.15, -0.1) is 0 Å². The topological polar surface area (TPSA) is 110 Å². The number of nitriles is 1. The van der Waals surface area contributed by atoms with Crippen LogP contribution in [-0.4, -0.2) is 26.3 Å². The Labute approximate surface area is 90.5 Å². The van der Waals surface area contributed by atoms with Gasteiger partial charge in [-0.05, 0) is 6.92 Å². The van der Waals surface area contributed by atoms with Crippen LogP contribution in [0.2, 0.25) is 0 Å². The molecule has 0 saturated carbocycles. The van der Waals surface area contributed by atoms with E-state index in [0.717, 1.165) is 0 Å². The molecule has 80 valence electrons. The number of rotatable bonds is 2. The molecule has 0 unspecified atom stereocenters. The molecule has 0 aliphatic heterocycles. The van der Waals surface area contributed by atoms with Gasteiger partial charge in [0.25, 0.3) is 5.91 Å². The van der Waals surface area contributed by atoms with Gasteiger partial charge in [0.05, 0.1) is 18.0 Å². The number of hydrogen-bond acceptors (Lipinski definition) is 4. The number of hydrogen-bond donors (Lipinski definition) is 3. The van der Waals surface area contributed by atoms with Crippen molar-refractivity contribution in [2.45, 2.75) is 6.92 Å². The van der Waals surface area contributed by atoms with E-state index in [-0.39, 0.29) is 17.3 Å². The summed E-state index contributed by atoms with van der Waals surface area (Å²) in [5.74, 6) is -0.0555. The van der Waals surface area contributed by atoms with Crippen LogP contribution < -0.4 is 5.32 Å². The predicted octanol–water partition coefficient (Wildman–Crippen LogP) is 0.565. The fourth-order valence-electron chi connectivity index (χ4n) is 1.23. The molecule has 3 N–H and O–H groups in total. The lowest BCUT2D eigenvalue weighted by Gasteiger charge is -2.00. The third kappa shape index (κ3) is 1.64. The molecule has 0 aliphatic carbocycles. The summed E-state index contributed by atoms with van der Waals surface area (Å²) in [5.41, 5.74) is 1.38. The minimum absolute atomic E-state index is 0.285. The Kier molecular flexibility index (Phi) is 2.39. The lowest BCUT2D eigenvalue weighted by Crippen LogP contribution is -2.13. The highest BCUT2D eigenvalue weighted by Crippen LogP contribution is 2.11. The first-order chi connectivity index (χ1) is 7.72. The first-order valence-electron chi connectivity index (χ1n) is 4.47. The molecule has 2 heterocycles. The van der Waals surface area contributed by atoms with E-state index in [4.69, 9.17) is 5.26 Å². The number of amides is 1. The molecule has 2 aromatic heterocycles. The number of aromatic nitrogens is 4. The number of nitrogens with zero attached hydrogens (tertiary/aromatic N) is 3. The van der Waals surface area contributed by atoms with Gasteiger partial charge in [0.2, 0.25) is 0 Å². The minimum Gasteiger partial charge on any atom is -0.306 e. The van der Waals surface area contributed by atoms with Crippen molar-refractivity contribution in [3.05, 3.63) is 29.2 Å². The molecule has 2 aromatic rings. The number of anilines is 1. The summed E-state index contributed by atoms with van der Waals surface area (Å²) < 4.78 is 0. The van der Waals surface area contributed by atoms with Crippen LogP contribution in [0.5, 0.6) is 0 Å². The maximum Gasteiger partial charge on any atom is 0.260 e. The highest BCUT2D eigenvalue weighted by molar-refractivity contribution is 6.04. The highest BCUT2D eigenvalue weighted by atomic mass is 16.1. The van der Waals surface area contributed by atoms with Crippen molar-refractivity contribution in [2.24, 2.45) is 0 Å². The van der Waals surface area contributed by atoms with Crippen molar-refractivity contribution in [3.63, 3.8) is 0 Å². The van der Waals surface area contributed by atoms with Crippen LogP contribution in [0, 0.1) is 18.3 Å². The largest absolute Gasteiger partial charge is 0.306 e. The first kappa shape index (κ1) is 9.92. The van der Waals surface area contributed by atoms with E-state index in [9.17, 15) is 4.79 Å². The van der Waals surface area contributed by atoms with Crippen LogP contribution >= 0.6 is 0 Å². The fourth-order valence-corrected chi connectivity index (χ4v) is 1.23. The zero-order chi connectivity index (χ0) is 11.5. The number of aromatic amines is 2. The molecular weight excluding hydrogens is 208 g/mol. The number of aryl methyl sites for hydroxylation is 1. The normalized spacial score (nSPS) is 9.75. The van der Waals surface area contributed by atoms with Gasteiger partial charge >= 0.3 is 0 Å². The molecule has 7 nitrogen and oxygen atoms in total. The Hall–Kier alpha value is -2.62. The zero-order valence-corrected chi connectivity index (χ0v) is 8.40. The lowest BCUT2D eigenvalue weighted by atomic mass is 10.2. The van der Waals surface area contributed by atoms with Crippen molar-refractivity contribution in [1.29, 1.82) is 5.26 Å². The standard InChI is InChI=1S/C9H8N6O/c1-5-7(4-12-14-5)9(16)13-8-6(2-10)3-11-15-8/h3-4H,1H3,(H,12,14)(H2,11,13,15,16). The van der Waals surface area contributed by atoms with Crippen LogP contribution in [0.3, 0.4) is 0 Å². The van der Waals surface area contributed by atoms with Crippen molar-refractivity contribution < 1.29 is 4.79 Å². The summed E-state index contributed by atoms with van der Waals surface area (Å²) in [6.45, 7) is 1.74. The van der Waals surface area contributed by atoms with E-state index in [0.29, 0.717) is 11.3 Å².